The lowest BCUT2D eigenvalue weighted by molar-refractivity contribution is 1.56. The molecule has 0 heterocycles. The van der Waals surface area contributed by atoms with Crippen LogP contribution in [0, 0.1) is 10.8 Å². The monoisotopic (exact) mass is 248 g/mol. The van der Waals surface area contributed by atoms with E-state index in [-0.39, 0.29) is 0 Å². The van der Waals surface area contributed by atoms with Gasteiger partial charge in [-0.3, -0.25) is 0 Å². The van der Waals surface area contributed by atoms with Gasteiger partial charge in [0.1, 0.15) is 0 Å². The Hall–Kier alpha value is -0.360. The van der Waals surface area contributed by atoms with Gasteiger partial charge >= 0.3 is 0 Å². The molecule has 0 bridgehead atoms. The van der Waals surface area contributed by atoms with Crippen LogP contribution in [-0.2, 0) is 0 Å². The van der Waals surface area contributed by atoms with Crippen LogP contribution in [0.15, 0.2) is 9.98 Å². The summed E-state index contributed by atoms with van der Waals surface area (Å²) in [5, 5.41) is 13.6. The van der Waals surface area contributed by atoms with Gasteiger partial charge in [0.2, 0.25) is 0 Å². The summed E-state index contributed by atoms with van der Waals surface area (Å²) in [6.45, 7) is 0. The van der Waals surface area contributed by atoms with Crippen LogP contribution in [0.1, 0.15) is 0 Å². The normalized spacial score (nSPS) is 8.00. The maximum atomic E-state index is 6.52. The van der Waals surface area contributed by atoms with E-state index < -0.39 is 0 Å². The molecule has 4 nitrogen and oxygen atoms in total. The molecule has 68 valence electrons. The van der Waals surface area contributed by atoms with Crippen molar-refractivity contribution in [3.05, 3.63) is 0 Å². The van der Waals surface area contributed by atoms with Gasteiger partial charge in [-0.05, 0) is 24.4 Å². The smallest absolute Gasteiger partial charge is 0.172 e. The van der Waals surface area contributed by atoms with E-state index in [1.54, 1.807) is 0 Å². The molecule has 0 aliphatic carbocycles. The lowest BCUT2D eigenvalue weighted by Crippen LogP contribution is -1.85. The number of thiocarbonyl (C=S) groups is 2. The molecule has 0 unspecified atom stereocenters. The summed E-state index contributed by atoms with van der Waals surface area (Å²) in [4.78, 5) is 6.88. The van der Waals surface area contributed by atoms with Crippen molar-refractivity contribution >= 4 is 68.6 Å². The van der Waals surface area contributed by atoms with Crippen molar-refractivity contribution in [2.75, 3.05) is 5.08 Å². The molecule has 0 aromatic carbocycles. The molecule has 0 spiro atoms. The largest absolute Gasteiger partial charge is 0.241 e. The fourth-order valence-corrected chi connectivity index (χ4v) is 2.51. The number of thioether (sulfide) groups is 2. The van der Waals surface area contributed by atoms with Crippen molar-refractivity contribution in [3.8, 4) is 0 Å². The average Bonchev–Trinajstić information content (AvgIpc) is 2.05. The van der Waals surface area contributed by atoms with Gasteiger partial charge in [-0.1, -0.05) is 23.5 Å². The fraction of sp³-hybridized carbons (Fsp3) is 0.200. The molecule has 8 heteroatoms. The second kappa shape index (κ2) is 8.25. The SMILES string of the molecule is N=C=NC(=S)SCSC(=S)N=C=N. The van der Waals surface area contributed by atoms with E-state index in [0.717, 1.165) is 0 Å². The van der Waals surface area contributed by atoms with Crippen molar-refractivity contribution in [1.29, 1.82) is 10.8 Å². The van der Waals surface area contributed by atoms with Crippen LogP contribution in [0.5, 0.6) is 0 Å². The van der Waals surface area contributed by atoms with Crippen LogP contribution >= 0.6 is 48.0 Å². The number of rotatable bonds is 2. The average molecular weight is 248 g/mol. The third kappa shape index (κ3) is 7.98. The van der Waals surface area contributed by atoms with E-state index in [1.807, 2.05) is 12.0 Å². The van der Waals surface area contributed by atoms with Crippen LogP contribution < -0.4 is 0 Å². The number of nitrogens with one attached hydrogen (secondary N) is 2. The molecule has 0 rings (SSSR count). The quantitative estimate of drug-likeness (QED) is 0.447. The van der Waals surface area contributed by atoms with E-state index in [0.29, 0.717) is 13.7 Å². The molecule has 0 saturated heterocycles. The number of hydrogen-bond acceptors (Lipinski definition) is 6. The first-order chi connectivity index (χ1) is 6.20. The van der Waals surface area contributed by atoms with Crippen molar-refractivity contribution in [2.24, 2.45) is 9.98 Å². The molecule has 0 aliphatic heterocycles. The van der Waals surface area contributed by atoms with E-state index in [4.69, 9.17) is 35.3 Å². The summed E-state index contributed by atoms with van der Waals surface area (Å²) in [5.41, 5.74) is 0. The lowest BCUT2D eigenvalue weighted by Gasteiger charge is -1.94. The van der Waals surface area contributed by atoms with Crippen LogP contribution in [0.25, 0.3) is 0 Å². The zero-order valence-corrected chi connectivity index (χ0v) is 9.50. The first-order valence-corrected chi connectivity index (χ1v) is 5.58. The third-order valence-corrected chi connectivity index (χ3v) is 3.17. The van der Waals surface area contributed by atoms with Gasteiger partial charge in [0, 0.05) is 0 Å². The van der Waals surface area contributed by atoms with Crippen molar-refractivity contribution in [2.45, 2.75) is 0 Å². The molecule has 0 amide bonds. The Morgan fingerprint density at radius 3 is 1.77 bits per heavy atom. The standard InChI is InChI=1S/C5H4N4S4/c6-1-8-4(10)12-3-13-5(11)9-2-7/h6-7H,3H2. The van der Waals surface area contributed by atoms with E-state index >= 15 is 0 Å². The molecule has 0 radical (unpaired) electrons. The highest BCUT2D eigenvalue weighted by Gasteiger charge is 1.97. The van der Waals surface area contributed by atoms with Crippen LogP contribution in [0.3, 0.4) is 0 Å². The lowest BCUT2D eigenvalue weighted by atomic mass is 11.3. The van der Waals surface area contributed by atoms with Crippen molar-refractivity contribution < 1.29 is 0 Å². The van der Waals surface area contributed by atoms with Gasteiger partial charge in [0.15, 0.2) is 8.64 Å². The second-order valence-electron chi connectivity index (χ2n) is 1.39. The third-order valence-electron chi connectivity index (χ3n) is 0.659. The van der Waals surface area contributed by atoms with Crippen LogP contribution in [0.4, 0.5) is 0 Å². The van der Waals surface area contributed by atoms with Gasteiger partial charge in [-0.2, -0.15) is 9.98 Å². The zero-order chi connectivity index (χ0) is 10.1. The molecule has 0 aromatic rings. The topological polar surface area (TPSA) is 72.4 Å². The van der Waals surface area contributed by atoms with Crippen LogP contribution in [0.2, 0.25) is 0 Å². The predicted molar refractivity (Wildman–Crippen MR) is 65.6 cm³/mol. The van der Waals surface area contributed by atoms with Crippen molar-refractivity contribution in [1.82, 2.24) is 0 Å². The first kappa shape index (κ1) is 12.6. The molecule has 0 fully saturated rings. The minimum atomic E-state index is 0.337. The zero-order valence-electron chi connectivity index (χ0n) is 6.23. The maximum Gasteiger partial charge on any atom is 0.172 e. The van der Waals surface area contributed by atoms with Crippen molar-refractivity contribution in [3.63, 3.8) is 0 Å². The Morgan fingerprint density at radius 1 is 1.08 bits per heavy atom. The maximum absolute atomic E-state index is 6.52. The predicted octanol–water partition coefficient (Wildman–Crippen LogP) is 2.49. The Labute approximate surface area is 94.3 Å². The highest BCUT2D eigenvalue weighted by molar-refractivity contribution is 8.35. The summed E-state index contributed by atoms with van der Waals surface area (Å²) in [5.74, 6) is 0. The van der Waals surface area contributed by atoms with Gasteiger partial charge in [0.25, 0.3) is 0 Å². The minimum Gasteiger partial charge on any atom is -0.241 e. The molecular weight excluding hydrogens is 244 g/mol. The highest BCUT2D eigenvalue weighted by atomic mass is 32.2. The summed E-state index contributed by atoms with van der Waals surface area (Å²) < 4.78 is 0.674. The minimum absolute atomic E-state index is 0.337. The Bertz CT molecular complexity index is 270. The van der Waals surface area contributed by atoms with E-state index in [1.165, 1.54) is 23.5 Å². The molecule has 13 heavy (non-hydrogen) atoms. The second-order valence-corrected chi connectivity index (χ2v) is 4.97. The summed E-state index contributed by atoms with van der Waals surface area (Å²) in [7, 11) is 0. The molecular formula is C5H4N4S4. The van der Waals surface area contributed by atoms with Gasteiger partial charge in [-0.25, -0.2) is 10.8 Å². The van der Waals surface area contributed by atoms with E-state index in [9.17, 15) is 0 Å². The molecule has 0 aliphatic rings. The van der Waals surface area contributed by atoms with E-state index in [2.05, 4.69) is 9.98 Å². The number of nitrogens with zero attached hydrogens (tertiary/aromatic N) is 2. The molecule has 2 N–H and O–H groups in total. The molecule has 0 atom stereocenters. The summed E-state index contributed by atoms with van der Waals surface area (Å²) >= 11 is 12.0. The molecule has 0 aromatic heterocycles. The van der Waals surface area contributed by atoms with Gasteiger partial charge in [-0.15, -0.1) is 0 Å². The summed E-state index contributed by atoms with van der Waals surface area (Å²) in [6.07, 6.45) is 0. The highest BCUT2D eigenvalue weighted by Crippen LogP contribution is 2.16. The molecule has 0 saturated carbocycles. The van der Waals surface area contributed by atoms with Crippen LogP contribution in [-0.4, -0.2) is 25.7 Å². The first-order valence-electron chi connectivity index (χ1n) is 2.79. The fourth-order valence-electron chi connectivity index (χ4n) is 0.286. The Kier molecular flexibility index (Phi) is 8.02. The Balaban J connectivity index is 3.68. The Morgan fingerprint density at radius 2 is 1.46 bits per heavy atom. The summed E-state index contributed by atoms with van der Waals surface area (Å²) in [6, 6.07) is 3.67. The number of aliphatic imine (C=N–C) groups is 2. The number of hydrogen-bond donors (Lipinski definition) is 2. The van der Waals surface area contributed by atoms with Gasteiger partial charge in [0.05, 0.1) is 17.1 Å². The van der Waals surface area contributed by atoms with Gasteiger partial charge < -0.3 is 0 Å².